The summed E-state index contributed by atoms with van der Waals surface area (Å²) >= 11 is 0. The summed E-state index contributed by atoms with van der Waals surface area (Å²) in [6.07, 6.45) is 5.24. The Kier molecular flexibility index (Phi) is 3.52. The van der Waals surface area contributed by atoms with E-state index in [2.05, 4.69) is 32.2 Å². The molecule has 0 N–H and O–H groups in total. The molecule has 1 aromatic carbocycles. The van der Waals surface area contributed by atoms with E-state index in [0.29, 0.717) is 23.6 Å². The molecule has 3 aromatic heterocycles. The summed E-state index contributed by atoms with van der Waals surface area (Å²) in [5.74, 6) is 6.72. The van der Waals surface area contributed by atoms with Crippen molar-refractivity contribution in [2.45, 2.75) is 13.3 Å². The van der Waals surface area contributed by atoms with Crippen molar-refractivity contribution in [2.75, 3.05) is 0 Å². The maximum absolute atomic E-state index is 5.54. The van der Waals surface area contributed by atoms with Gasteiger partial charge in [0.25, 0.3) is 0 Å². The van der Waals surface area contributed by atoms with Crippen molar-refractivity contribution in [3.05, 3.63) is 71.3 Å². The monoisotopic (exact) mass is 316 g/mol. The van der Waals surface area contributed by atoms with E-state index in [9.17, 15) is 0 Å². The molecule has 0 atom stereocenters. The molecule has 0 unspecified atom stereocenters. The zero-order chi connectivity index (χ0) is 16.4. The summed E-state index contributed by atoms with van der Waals surface area (Å²) < 4.78 is 10.8. The lowest BCUT2D eigenvalue weighted by molar-refractivity contribution is 0.439. The second-order valence-corrected chi connectivity index (χ2v) is 5.22. The molecule has 24 heavy (non-hydrogen) atoms. The molecule has 0 saturated heterocycles. The summed E-state index contributed by atoms with van der Waals surface area (Å²) in [5.41, 5.74) is 3.85. The van der Waals surface area contributed by atoms with Gasteiger partial charge in [-0.1, -0.05) is 17.1 Å². The number of hydrogen-bond acceptors (Lipinski definition) is 6. The predicted octanol–water partition coefficient (Wildman–Crippen LogP) is 2.90. The summed E-state index contributed by atoms with van der Waals surface area (Å²) in [6.45, 7) is 1.98. The van der Waals surface area contributed by atoms with Gasteiger partial charge >= 0.3 is 0 Å². The molecule has 0 bridgehead atoms. The molecule has 4 aromatic rings. The number of aromatic nitrogens is 4. The average Bonchev–Trinajstić information content (AvgIpc) is 3.26. The number of nitrogens with zero attached hydrogens (tertiary/aromatic N) is 4. The highest BCUT2D eigenvalue weighted by Crippen LogP contribution is 2.26. The number of aryl methyl sites for hydroxylation is 1. The van der Waals surface area contributed by atoms with E-state index >= 15 is 0 Å². The molecular formula is C18H12N4O2. The van der Waals surface area contributed by atoms with Gasteiger partial charge < -0.3 is 8.94 Å². The largest absolute Gasteiger partial charge is 0.449 e. The van der Waals surface area contributed by atoms with Gasteiger partial charge in [-0.05, 0) is 36.6 Å². The number of fused-ring (bicyclic) bond motifs is 1. The Labute approximate surface area is 137 Å². The minimum Gasteiger partial charge on any atom is -0.449 e. The molecule has 0 spiro atoms. The fourth-order valence-electron chi connectivity index (χ4n) is 2.41. The van der Waals surface area contributed by atoms with Crippen LogP contribution in [0.1, 0.15) is 28.4 Å². The summed E-state index contributed by atoms with van der Waals surface area (Å²) in [4.78, 5) is 4.12. The molecule has 6 nitrogen and oxygen atoms in total. The van der Waals surface area contributed by atoms with Crippen LogP contribution in [0.2, 0.25) is 0 Å². The van der Waals surface area contributed by atoms with E-state index in [1.807, 2.05) is 25.1 Å². The van der Waals surface area contributed by atoms with Crippen molar-refractivity contribution in [1.82, 2.24) is 20.3 Å². The van der Waals surface area contributed by atoms with Crippen LogP contribution in [0.25, 0.3) is 11.0 Å². The Bertz CT molecular complexity index is 1040. The molecule has 0 aliphatic rings. The smallest absolute Gasteiger partial charge is 0.200 e. The standard InChI is InChI=1S/C18H12N4O2/c1-12-4-6-15-16(11-17-19-9-10-23-17)22-24-18(15)14(12)7-5-13-3-2-8-20-21-13/h2-4,6,8-10H,11H2,1H3. The van der Waals surface area contributed by atoms with Gasteiger partial charge in [0.05, 0.1) is 18.2 Å². The number of oxazole rings is 1. The van der Waals surface area contributed by atoms with Crippen molar-refractivity contribution in [3.63, 3.8) is 0 Å². The van der Waals surface area contributed by atoms with Crippen LogP contribution in [0.3, 0.4) is 0 Å². The second kappa shape index (κ2) is 5.97. The summed E-state index contributed by atoms with van der Waals surface area (Å²) in [7, 11) is 0. The minimum absolute atomic E-state index is 0.472. The van der Waals surface area contributed by atoms with Crippen molar-refractivity contribution in [2.24, 2.45) is 0 Å². The molecule has 0 radical (unpaired) electrons. The van der Waals surface area contributed by atoms with Gasteiger partial charge in [0.2, 0.25) is 0 Å². The van der Waals surface area contributed by atoms with E-state index in [-0.39, 0.29) is 0 Å². The molecule has 0 fully saturated rings. The van der Waals surface area contributed by atoms with E-state index in [4.69, 9.17) is 8.94 Å². The Morgan fingerprint density at radius 1 is 1.12 bits per heavy atom. The quantitative estimate of drug-likeness (QED) is 0.529. The average molecular weight is 316 g/mol. The lowest BCUT2D eigenvalue weighted by Gasteiger charge is -1.98. The van der Waals surface area contributed by atoms with Crippen molar-refractivity contribution < 1.29 is 8.94 Å². The fraction of sp³-hybridized carbons (Fsp3) is 0.111. The first-order valence-electron chi connectivity index (χ1n) is 7.37. The van der Waals surface area contributed by atoms with Crippen LogP contribution in [-0.4, -0.2) is 20.3 Å². The fourth-order valence-corrected chi connectivity index (χ4v) is 2.41. The highest BCUT2D eigenvalue weighted by atomic mass is 16.5. The zero-order valence-electron chi connectivity index (χ0n) is 12.9. The van der Waals surface area contributed by atoms with Crippen LogP contribution >= 0.6 is 0 Å². The van der Waals surface area contributed by atoms with Gasteiger partial charge in [0, 0.05) is 11.6 Å². The first-order chi connectivity index (χ1) is 11.8. The maximum Gasteiger partial charge on any atom is 0.200 e. The molecule has 6 heteroatoms. The Morgan fingerprint density at radius 3 is 2.88 bits per heavy atom. The van der Waals surface area contributed by atoms with Crippen LogP contribution in [0.15, 0.2) is 51.9 Å². The van der Waals surface area contributed by atoms with Crippen molar-refractivity contribution in [3.8, 4) is 11.8 Å². The summed E-state index contributed by atoms with van der Waals surface area (Å²) in [6, 6.07) is 7.59. The molecule has 116 valence electrons. The van der Waals surface area contributed by atoms with Crippen LogP contribution in [0.5, 0.6) is 0 Å². The zero-order valence-corrected chi connectivity index (χ0v) is 12.9. The molecule has 3 heterocycles. The van der Waals surface area contributed by atoms with Gasteiger partial charge in [-0.3, -0.25) is 0 Å². The molecule has 0 saturated carbocycles. The van der Waals surface area contributed by atoms with E-state index in [1.165, 1.54) is 0 Å². The van der Waals surface area contributed by atoms with Crippen LogP contribution in [0, 0.1) is 18.8 Å². The predicted molar refractivity (Wildman–Crippen MR) is 86.1 cm³/mol. The van der Waals surface area contributed by atoms with Gasteiger partial charge in [0.1, 0.15) is 17.7 Å². The Hall–Kier alpha value is -3.46. The van der Waals surface area contributed by atoms with Crippen molar-refractivity contribution in [1.29, 1.82) is 0 Å². The van der Waals surface area contributed by atoms with Crippen molar-refractivity contribution >= 4 is 11.0 Å². The SMILES string of the molecule is Cc1ccc2c(Cc3ncco3)noc2c1C#Cc1cccnn1. The summed E-state index contributed by atoms with van der Waals surface area (Å²) in [5, 5.41) is 12.9. The highest BCUT2D eigenvalue weighted by Gasteiger charge is 2.14. The van der Waals surface area contributed by atoms with Gasteiger partial charge in [0.15, 0.2) is 11.5 Å². The molecule has 0 amide bonds. The van der Waals surface area contributed by atoms with Gasteiger partial charge in [-0.25, -0.2) is 4.98 Å². The van der Waals surface area contributed by atoms with E-state index in [0.717, 1.165) is 22.2 Å². The topological polar surface area (TPSA) is 77.8 Å². The van der Waals surface area contributed by atoms with Gasteiger partial charge in [-0.15, -0.1) is 5.10 Å². The highest BCUT2D eigenvalue weighted by molar-refractivity contribution is 5.86. The molecular weight excluding hydrogens is 304 g/mol. The number of rotatable bonds is 2. The first kappa shape index (κ1) is 14.2. The minimum atomic E-state index is 0.472. The maximum atomic E-state index is 5.54. The third kappa shape index (κ3) is 2.63. The van der Waals surface area contributed by atoms with Crippen LogP contribution in [-0.2, 0) is 6.42 Å². The third-order valence-electron chi connectivity index (χ3n) is 3.61. The second-order valence-electron chi connectivity index (χ2n) is 5.22. The molecule has 0 aliphatic carbocycles. The Morgan fingerprint density at radius 2 is 2.08 bits per heavy atom. The third-order valence-corrected chi connectivity index (χ3v) is 3.61. The van der Waals surface area contributed by atoms with Gasteiger partial charge in [-0.2, -0.15) is 5.10 Å². The van der Waals surface area contributed by atoms with E-state index in [1.54, 1.807) is 24.7 Å². The molecule has 0 aliphatic heterocycles. The lowest BCUT2D eigenvalue weighted by atomic mass is 10.0. The van der Waals surface area contributed by atoms with Crippen LogP contribution in [0.4, 0.5) is 0 Å². The van der Waals surface area contributed by atoms with Crippen LogP contribution < -0.4 is 0 Å². The lowest BCUT2D eigenvalue weighted by Crippen LogP contribution is -1.90. The number of hydrogen-bond donors (Lipinski definition) is 0. The molecule has 4 rings (SSSR count). The Balaban J connectivity index is 1.77. The van der Waals surface area contributed by atoms with E-state index < -0.39 is 0 Å². The normalized spacial score (nSPS) is 10.5. The number of benzene rings is 1. The first-order valence-corrected chi connectivity index (χ1v) is 7.37.